The smallest absolute Gasteiger partial charge is 0.295 e. The van der Waals surface area contributed by atoms with Crippen LogP contribution in [0, 0.1) is 12.7 Å². The maximum Gasteiger partial charge on any atom is 0.295 e. The maximum atomic E-state index is 13.2. The number of benzene rings is 2. The van der Waals surface area contributed by atoms with Gasteiger partial charge in [0.25, 0.3) is 5.91 Å². The molecule has 1 aliphatic heterocycles. The first-order valence-corrected chi connectivity index (χ1v) is 11.5. The second kappa shape index (κ2) is 8.77. The number of anilines is 1. The third kappa shape index (κ3) is 4.54. The van der Waals surface area contributed by atoms with Gasteiger partial charge in [-0.1, -0.05) is 0 Å². The van der Waals surface area contributed by atoms with E-state index in [1.54, 1.807) is 6.92 Å². The van der Waals surface area contributed by atoms with Gasteiger partial charge in [0, 0.05) is 31.9 Å². The molecule has 0 aliphatic carbocycles. The molecule has 1 N–H and O–H groups in total. The Morgan fingerprint density at radius 3 is 2.25 bits per heavy atom. The van der Waals surface area contributed by atoms with Gasteiger partial charge >= 0.3 is 0 Å². The highest BCUT2D eigenvalue weighted by Crippen LogP contribution is 2.20. The van der Waals surface area contributed by atoms with Crippen LogP contribution in [0.15, 0.2) is 53.4 Å². The van der Waals surface area contributed by atoms with Crippen LogP contribution in [-0.2, 0) is 10.0 Å². The van der Waals surface area contributed by atoms with Gasteiger partial charge in [-0.3, -0.25) is 4.79 Å². The minimum absolute atomic E-state index is 0.0547. The van der Waals surface area contributed by atoms with Crippen LogP contribution in [-0.4, -0.2) is 71.5 Å². The molecule has 32 heavy (non-hydrogen) atoms. The Kier molecular flexibility index (Phi) is 6.04. The van der Waals surface area contributed by atoms with Crippen LogP contribution in [0.5, 0.6) is 0 Å². The molecular formula is C21H23FN6O3S. The lowest BCUT2D eigenvalue weighted by Gasteiger charge is -2.31. The number of amides is 1. The number of carbonyl (C=O) groups is 1. The van der Waals surface area contributed by atoms with Crippen molar-refractivity contribution in [2.45, 2.75) is 11.8 Å². The van der Waals surface area contributed by atoms with E-state index in [9.17, 15) is 17.6 Å². The summed E-state index contributed by atoms with van der Waals surface area (Å²) in [5.41, 5.74) is 0.997. The molecule has 2 aromatic carbocycles. The summed E-state index contributed by atoms with van der Waals surface area (Å²) < 4.78 is 41.7. The molecule has 0 bridgehead atoms. The number of sulfonamides is 1. The van der Waals surface area contributed by atoms with Gasteiger partial charge in [0.1, 0.15) is 11.6 Å². The number of hydrogen-bond acceptors (Lipinski definition) is 6. The maximum absolute atomic E-state index is 13.2. The first-order valence-electron chi connectivity index (χ1n) is 10.0. The fourth-order valence-electron chi connectivity index (χ4n) is 3.39. The molecule has 1 fully saturated rings. The Labute approximate surface area is 185 Å². The summed E-state index contributed by atoms with van der Waals surface area (Å²) in [6, 6.07) is 11.7. The van der Waals surface area contributed by atoms with Crippen molar-refractivity contribution in [2.75, 3.05) is 38.5 Å². The molecule has 4 rings (SSSR count). The molecule has 1 saturated heterocycles. The summed E-state index contributed by atoms with van der Waals surface area (Å²) in [6.45, 7) is 3.94. The molecule has 3 aromatic rings. The first-order chi connectivity index (χ1) is 15.2. The SMILES string of the molecule is Cc1nc(C(=O)Nc2ccc(S(=O)(=O)N3CCN(C)CC3)cc2)nn1-c1ccc(F)cc1. The normalized spacial score (nSPS) is 15.6. The number of nitrogens with one attached hydrogen (secondary N) is 1. The van der Waals surface area contributed by atoms with E-state index in [0.29, 0.717) is 43.4 Å². The number of piperazine rings is 1. The third-order valence-corrected chi connectivity index (χ3v) is 7.17. The van der Waals surface area contributed by atoms with E-state index in [-0.39, 0.29) is 16.5 Å². The topological polar surface area (TPSA) is 100 Å². The van der Waals surface area contributed by atoms with E-state index >= 15 is 0 Å². The number of aromatic nitrogens is 3. The van der Waals surface area contributed by atoms with Gasteiger partial charge in [-0.25, -0.2) is 22.5 Å². The number of hydrogen-bond donors (Lipinski definition) is 1. The van der Waals surface area contributed by atoms with Crippen LogP contribution in [0.2, 0.25) is 0 Å². The van der Waals surface area contributed by atoms with Crippen LogP contribution in [0.4, 0.5) is 10.1 Å². The predicted molar refractivity (Wildman–Crippen MR) is 117 cm³/mol. The number of carbonyl (C=O) groups excluding carboxylic acids is 1. The van der Waals surface area contributed by atoms with Crippen molar-refractivity contribution in [2.24, 2.45) is 0 Å². The van der Waals surface area contributed by atoms with E-state index < -0.39 is 15.9 Å². The molecule has 2 heterocycles. The number of likely N-dealkylation sites (N-methyl/N-ethyl adjacent to an activating group) is 1. The average Bonchev–Trinajstić information content (AvgIpc) is 3.17. The zero-order valence-corrected chi connectivity index (χ0v) is 18.5. The number of rotatable bonds is 5. The van der Waals surface area contributed by atoms with Gasteiger partial charge in [0.15, 0.2) is 0 Å². The molecule has 0 spiro atoms. The summed E-state index contributed by atoms with van der Waals surface area (Å²) in [5, 5.41) is 6.87. The Balaban J connectivity index is 1.46. The van der Waals surface area contributed by atoms with E-state index in [1.807, 2.05) is 7.05 Å². The summed E-state index contributed by atoms with van der Waals surface area (Å²) in [5.74, 6) is -0.498. The second-order valence-electron chi connectivity index (χ2n) is 7.56. The van der Waals surface area contributed by atoms with Crippen molar-refractivity contribution in [1.82, 2.24) is 24.0 Å². The largest absolute Gasteiger partial charge is 0.319 e. The predicted octanol–water partition coefficient (Wildman–Crippen LogP) is 1.90. The lowest BCUT2D eigenvalue weighted by atomic mass is 10.3. The van der Waals surface area contributed by atoms with Gasteiger partial charge in [-0.05, 0) is 62.5 Å². The zero-order valence-electron chi connectivity index (χ0n) is 17.7. The average molecular weight is 459 g/mol. The monoisotopic (exact) mass is 458 g/mol. The molecule has 0 unspecified atom stereocenters. The van der Waals surface area contributed by atoms with Crippen molar-refractivity contribution >= 4 is 21.6 Å². The van der Waals surface area contributed by atoms with Gasteiger partial charge in [0.2, 0.25) is 15.8 Å². The summed E-state index contributed by atoms with van der Waals surface area (Å²) in [7, 11) is -1.62. The summed E-state index contributed by atoms with van der Waals surface area (Å²) >= 11 is 0. The fourth-order valence-corrected chi connectivity index (χ4v) is 4.81. The minimum Gasteiger partial charge on any atom is -0.319 e. The van der Waals surface area contributed by atoms with Crippen LogP contribution in [0.25, 0.3) is 5.69 Å². The lowest BCUT2D eigenvalue weighted by molar-refractivity contribution is 0.101. The molecule has 1 amide bonds. The molecule has 0 radical (unpaired) electrons. The van der Waals surface area contributed by atoms with Crippen molar-refractivity contribution in [3.8, 4) is 5.69 Å². The summed E-state index contributed by atoms with van der Waals surface area (Å²) in [4.78, 5) is 19.0. The van der Waals surface area contributed by atoms with Crippen molar-refractivity contribution in [3.05, 3.63) is 66.0 Å². The van der Waals surface area contributed by atoms with Gasteiger partial charge in [0.05, 0.1) is 10.6 Å². The van der Waals surface area contributed by atoms with Gasteiger partial charge in [-0.15, -0.1) is 5.10 Å². The minimum atomic E-state index is -3.58. The second-order valence-corrected chi connectivity index (χ2v) is 9.49. The third-order valence-electron chi connectivity index (χ3n) is 5.26. The molecule has 9 nitrogen and oxygen atoms in total. The standard InChI is InChI=1S/C21H23FN6O3S/c1-15-23-20(25-28(15)18-7-3-16(22)4-8-18)21(29)24-17-5-9-19(10-6-17)32(30,31)27-13-11-26(2)12-14-27/h3-10H,11-14H2,1-2H3,(H,24,29). The van der Waals surface area contributed by atoms with Crippen LogP contribution in [0.3, 0.4) is 0 Å². The Bertz CT molecular complexity index is 1220. The van der Waals surface area contributed by atoms with Crippen molar-refractivity contribution in [1.29, 1.82) is 0 Å². The zero-order chi connectivity index (χ0) is 22.9. The number of nitrogens with zero attached hydrogens (tertiary/aromatic N) is 5. The Morgan fingerprint density at radius 2 is 1.62 bits per heavy atom. The van der Waals surface area contributed by atoms with E-state index in [4.69, 9.17) is 0 Å². The quantitative estimate of drug-likeness (QED) is 0.627. The number of aryl methyl sites for hydroxylation is 1. The summed E-state index contributed by atoms with van der Waals surface area (Å²) in [6.07, 6.45) is 0. The van der Waals surface area contributed by atoms with E-state index in [2.05, 4.69) is 20.3 Å². The molecule has 0 saturated carbocycles. The van der Waals surface area contributed by atoms with Crippen LogP contribution < -0.4 is 5.32 Å². The molecule has 11 heteroatoms. The first kappa shape index (κ1) is 22.1. The van der Waals surface area contributed by atoms with E-state index in [1.165, 1.54) is 57.5 Å². The highest BCUT2D eigenvalue weighted by molar-refractivity contribution is 7.89. The highest BCUT2D eigenvalue weighted by Gasteiger charge is 2.27. The highest BCUT2D eigenvalue weighted by atomic mass is 32.2. The van der Waals surface area contributed by atoms with Crippen molar-refractivity contribution in [3.63, 3.8) is 0 Å². The molecule has 1 aliphatic rings. The Hall–Kier alpha value is -3.15. The lowest BCUT2D eigenvalue weighted by Crippen LogP contribution is -2.46. The van der Waals surface area contributed by atoms with E-state index in [0.717, 1.165) is 0 Å². The van der Waals surface area contributed by atoms with Crippen molar-refractivity contribution < 1.29 is 17.6 Å². The molecular weight excluding hydrogens is 435 g/mol. The Morgan fingerprint density at radius 1 is 1.00 bits per heavy atom. The molecule has 0 atom stereocenters. The van der Waals surface area contributed by atoms with Gasteiger partial charge < -0.3 is 10.2 Å². The fraction of sp³-hybridized carbons (Fsp3) is 0.286. The molecule has 168 valence electrons. The van der Waals surface area contributed by atoms with Crippen LogP contribution in [0.1, 0.15) is 16.4 Å². The number of halogens is 1. The van der Waals surface area contributed by atoms with Gasteiger partial charge in [-0.2, -0.15) is 4.31 Å². The molecule has 1 aromatic heterocycles. The van der Waals surface area contributed by atoms with Crippen LogP contribution >= 0.6 is 0 Å².